The highest BCUT2D eigenvalue weighted by Gasteiger charge is 2.68. The third kappa shape index (κ3) is 6.70. The lowest BCUT2D eigenvalue weighted by Gasteiger charge is -2.47. The zero-order valence-corrected chi connectivity index (χ0v) is 29.4. The van der Waals surface area contributed by atoms with Crippen LogP contribution in [0.2, 0.25) is 0 Å². The minimum atomic E-state index is -1.32. The molecule has 4 fully saturated rings. The third-order valence-electron chi connectivity index (χ3n) is 12.9. The Hall–Kier alpha value is -1.36. The fourth-order valence-electron chi connectivity index (χ4n) is 10.1. The summed E-state index contributed by atoms with van der Waals surface area (Å²) in [5, 5.41) is 0. The Labute approximate surface area is 269 Å². The quantitative estimate of drug-likeness (QED) is 0.192. The second kappa shape index (κ2) is 13.8. The van der Waals surface area contributed by atoms with Crippen molar-refractivity contribution in [3.63, 3.8) is 0 Å². The Morgan fingerprint density at radius 3 is 1.57 bits per heavy atom. The fourth-order valence-corrected chi connectivity index (χ4v) is 10.1. The normalized spacial score (nSPS) is 44.0. The van der Waals surface area contributed by atoms with Crippen molar-refractivity contribution in [2.24, 2.45) is 71.0 Å². The maximum atomic E-state index is 15.0. The van der Waals surface area contributed by atoms with Crippen molar-refractivity contribution in [1.29, 1.82) is 0 Å². The number of hydrogen-bond acceptors (Lipinski definition) is 5. The molecule has 0 saturated heterocycles. The number of allylic oxidation sites excluding steroid dienone is 1. The lowest BCUT2D eigenvalue weighted by atomic mass is 9.73. The lowest BCUT2D eigenvalue weighted by molar-refractivity contribution is -0.221. The van der Waals surface area contributed by atoms with E-state index in [0.717, 1.165) is 44.9 Å². The lowest BCUT2D eigenvalue weighted by Crippen LogP contribution is -2.59. The van der Waals surface area contributed by atoms with Gasteiger partial charge in [0.25, 0.3) is 0 Å². The van der Waals surface area contributed by atoms with Gasteiger partial charge in [0.1, 0.15) is 18.1 Å². The molecule has 44 heavy (non-hydrogen) atoms. The van der Waals surface area contributed by atoms with Crippen LogP contribution in [0.1, 0.15) is 127 Å². The standard InChI is InChI=1S/C39H64O5/c1-22(2)30-15-10-25(7)18-33(30)42-37(40)36-28-13-14-29(21-28)39(36,44-35-20-27(9)12-17-32(35)24(5)6)38(41)43-34-19-26(8)11-16-31(34)23(3)4/h13-14,22-36H,10-12,15-21H2,1-9H3/t25-,26-,27-,28+,29-,30?,31+,32?,33-,34-,35-,36+,39+/m1/s1. The van der Waals surface area contributed by atoms with Crippen LogP contribution in [0.5, 0.6) is 0 Å². The molecule has 0 amide bonds. The highest BCUT2D eigenvalue weighted by molar-refractivity contribution is 5.90. The van der Waals surface area contributed by atoms with Gasteiger partial charge < -0.3 is 14.2 Å². The van der Waals surface area contributed by atoms with Crippen molar-refractivity contribution >= 4 is 11.9 Å². The smallest absolute Gasteiger partial charge is 0.340 e. The zero-order chi connectivity index (χ0) is 31.9. The van der Waals surface area contributed by atoms with Gasteiger partial charge in [-0.2, -0.15) is 0 Å². The molecule has 5 heteroatoms. The molecular formula is C39H64O5. The van der Waals surface area contributed by atoms with E-state index in [2.05, 4.69) is 74.5 Å². The number of carbonyl (C=O) groups excluding carboxylic acids is 2. The zero-order valence-electron chi connectivity index (χ0n) is 29.4. The van der Waals surface area contributed by atoms with Crippen molar-refractivity contribution < 1.29 is 23.8 Å². The predicted molar refractivity (Wildman–Crippen MR) is 176 cm³/mol. The van der Waals surface area contributed by atoms with Crippen LogP contribution in [0, 0.1) is 71.0 Å². The molecule has 2 bridgehead atoms. The van der Waals surface area contributed by atoms with Crippen molar-refractivity contribution in [2.75, 3.05) is 0 Å². The van der Waals surface area contributed by atoms with Crippen LogP contribution in [0.15, 0.2) is 12.2 Å². The Morgan fingerprint density at radius 2 is 1.07 bits per heavy atom. The molecule has 250 valence electrons. The minimum absolute atomic E-state index is 0.0525. The number of ether oxygens (including phenoxy) is 3. The van der Waals surface area contributed by atoms with E-state index in [0.29, 0.717) is 53.3 Å². The van der Waals surface area contributed by atoms with Crippen LogP contribution in [-0.4, -0.2) is 35.9 Å². The van der Waals surface area contributed by atoms with Crippen LogP contribution in [0.25, 0.3) is 0 Å². The van der Waals surface area contributed by atoms with Crippen molar-refractivity contribution in [2.45, 2.75) is 150 Å². The maximum absolute atomic E-state index is 15.0. The van der Waals surface area contributed by atoms with Gasteiger partial charge in [-0.15, -0.1) is 0 Å². The van der Waals surface area contributed by atoms with E-state index in [4.69, 9.17) is 14.2 Å². The van der Waals surface area contributed by atoms with Crippen molar-refractivity contribution in [1.82, 2.24) is 0 Å². The molecule has 0 heterocycles. The van der Waals surface area contributed by atoms with E-state index < -0.39 is 11.5 Å². The molecule has 5 aliphatic carbocycles. The molecule has 5 aliphatic rings. The molecular weight excluding hydrogens is 548 g/mol. The SMILES string of the molecule is CC(C)C1CC[C@@H](C)C[C@H]1OC(=O)[C@@H]1[C@H]2C=C[C@H](C2)[C@@]1(O[C@@H]1C[C@H](C)CCC1C(C)C)C(=O)O[C@@H]1C[C@H](C)CC[C@H]1C(C)C. The molecule has 0 aromatic rings. The summed E-state index contributed by atoms with van der Waals surface area (Å²) in [5.74, 6) is 2.57. The first kappa shape index (κ1) is 34.0. The monoisotopic (exact) mass is 612 g/mol. The van der Waals surface area contributed by atoms with E-state index in [1.807, 2.05) is 0 Å². The molecule has 0 radical (unpaired) electrons. The Kier molecular flexibility index (Phi) is 10.6. The summed E-state index contributed by atoms with van der Waals surface area (Å²) >= 11 is 0. The number of esters is 2. The van der Waals surface area contributed by atoms with E-state index in [1.54, 1.807) is 0 Å². The summed E-state index contributed by atoms with van der Waals surface area (Å²) in [6, 6.07) is 0. The topological polar surface area (TPSA) is 61.8 Å². The molecule has 5 rings (SSSR count). The highest BCUT2D eigenvalue weighted by atomic mass is 16.6. The first-order valence-corrected chi connectivity index (χ1v) is 18.6. The van der Waals surface area contributed by atoms with Gasteiger partial charge >= 0.3 is 11.9 Å². The van der Waals surface area contributed by atoms with E-state index in [-0.39, 0.29) is 42.1 Å². The van der Waals surface area contributed by atoms with Crippen LogP contribution in [-0.2, 0) is 23.8 Å². The highest BCUT2D eigenvalue weighted by Crippen LogP contribution is 2.56. The van der Waals surface area contributed by atoms with Crippen molar-refractivity contribution in [3.8, 4) is 0 Å². The molecule has 4 saturated carbocycles. The van der Waals surface area contributed by atoms with Gasteiger partial charge in [-0.1, -0.05) is 93.7 Å². The minimum Gasteiger partial charge on any atom is -0.462 e. The molecule has 13 atom stereocenters. The number of hydrogen-bond donors (Lipinski definition) is 0. The molecule has 0 spiro atoms. The largest absolute Gasteiger partial charge is 0.462 e. The predicted octanol–water partition coefficient (Wildman–Crippen LogP) is 9.03. The molecule has 2 unspecified atom stereocenters. The number of fused-ring (bicyclic) bond motifs is 2. The summed E-state index contributed by atoms with van der Waals surface area (Å²) in [6.07, 6.45) is 14.3. The fraction of sp³-hybridized carbons (Fsp3) is 0.897. The second-order valence-corrected chi connectivity index (χ2v) is 17.2. The van der Waals surface area contributed by atoms with Gasteiger partial charge in [-0.05, 0) is 104 Å². The van der Waals surface area contributed by atoms with Gasteiger partial charge in [-0.3, -0.25) is 4.79 Å². The second-order valence-electron chi connectivity index (χ2n) is 17.2. The first-order chi connectivity index (χ1) is 20.8. The third-order valence-corrected chi connectivity index (χ3v) is 12.9. The summed E-state index contributed by atoms with van der Waals surface area (Å²) in [5.41, 5.74) is -1.32. The Balaban J connectivity index is 1.51. The van der Waals surface area contributed by atoms with Gasteiger partial charge in [0.2, 0.25) is 0 Å². The van der Waals surface area contributed by atoms with Gasteiger partial charge in [0.15, 0.2) is 5.60 Å². The number of rotatable bonds is 9. The van der Waals surface area contributed by atoms with Crippen LogP contribution < -0.4 is 0 Å². The van der Waals surface area contributed by atoms with Gasteiger partial charge in [0, 0.05) is 5.92 Å². The molecule has 0 aromatic heterocycles. The molecule has 0 N–H and O–H groups in total. The average Bonchev–Trinajstić information content (AvgIpc) is 3.53. The maximum Gasteiger partial charge on any atom is 0.340 e. The summed E-state index contributed by atoms with van der Waals surface area (Å²) in [7, 11) is 0. The van der Waals surface area contributed by atoms with E-state index in [9.17, 15) is 9.59 Å². The van der Waals surface area contributed by atoms with Gasteiger partial charge in [-0.25, -0.2) is 4.79 Å². The molecule has 5 nitrogen and oxygen atoms in total. The molecule has 0 aromatic carbocycles. The van der Waals surface area contributed by atoms with Crippen LogP contribution in [0.3, 0.4) is 0 Å². The van der Waals surface area contributed by atoms with Gasteiger partial charge in [0.05, 0.1) is 6.10 Å². The Morgan fingerprint density at radius 1 is 0.614 bits per heavy atom. The Bertz CT molecular complexity index is 1030. The van der Waals surface area contributed by atoms with Crippen LogP contribution in [0.4, 0.5) is 0 Å². The van der Waals surface area contributed by atoms with E-state index in [1.165, 1.54) is 19.3 Å². The number of carbonyl (C=O) groups is 2. The summed E-state index contributed by atoms with van der Waals surface area (Å²) < 4.78 is 20.6. The molecule has 0 aliphatic heterocycles. The average molecular weight is 613 g/mol. The summed E-state index contributed by atoms with van der Waals surface area (Å²) in [4.78, 5) is 29.6. The summed E-state index contributed by atoms with van der Waals surface area (Å²) in [6.45, 7) is 20.4. The first-order valence-electron chi connectivity index (χ1n) is 18.6. The van der Waals surface area contributed by atoms with E-state index >= 15 is 0 Å². The van der Waals surface area contributed by atoms with Crippen molar-refractivity contribution in [3.05, 3.63) is 12.2 Å². The van der Waals surface area contributed by atoms with Crippen LogP contribution >= 0.6 is 0 Å².